The second kappa shape index (κ2) is 9.61. The summed E-state index contributed by atoms with van der Waals surface area (Å²) in [7, 11) is 0. The smallest absolute Gasteiger partial charge is 0.191 e. The lowest BCUT2D eigenvalue weighted by Gasteiger charge is -2.14. The van der Waals surface area contributed by atoms with Crippen LogP contribution in [0.4, 0.5) is 5.69 Å². The van der Waals surface area contributed by atoms with Gasteiger partial charge in [-0.15, -0.1) is 10.2 Å². The molecule has 0 spiro atoms. The topological polar surface area (TPSA) is 82.9 Å². The lowest BCUT2D eigenvalue weighted by atomic mass is 10.1. The number of carbonyl (C=O) groups excluding carboxylic acids is 1. The van der Waals surface area contributed by atoms with Gasteiger partial charge in [0, 0.05) is 22.5 Å². The van der Waals surface area contributed by atoms with E-state index in [4.69, 9.17) is 11.6 Å². The molecule has 2 aromatic carbocycles. The summed E-state index contributed by atoms with van der Waals surface area (Å²) < 4.78 is 1.95. The number of rotatable bonds is 9. The Balaban J connectivity index is 1.77. The van der Waals surface area contributed by atoms with Gasteiger partial charge in [-0.3, -0.25) is 0 Å². The predicted octanol–water partition coefficient (Wildman–Crippen LogP) is 3.02. The lowest BCUT2D eigenvalue weighted by molar-refractivity contribution is -0.304. The Kier molecular flexibility index (Phi) is 6.95. The van der Waals surface area contributed by atoms with E-state index in [9.17, 15) is 9.90 Å². The summed E-state index contributed by atoms with van der Waals surface area (Å²) in [5.74, 6) is -0.398. The van der Waals surface area contributed by atoms with Crippen LogP contribution in [0.3, 0.4) is 0 Å². The van der Waals surface area contributed by atoms with Gasteiger partial charge in [-0.2, -0.15) is 0 Å². The zero-order chi connectivity index (χ0) is 19.9. The van der Waals surface area contributed by atoms with Crippen molar-refractivity contribution in [2.75, 3.05) is 5.32 Å². The van der Waals surface area contributed by atoms with Crippen molar-refractivity contribution in [1.82, 2.24) is 14.8 Å². The molecule has 0 saturated carbocycles. The lowest BCUT2D eigenvalue weighted by Crippen LogP contribution is -2.31. The summed E-state index contributed by atoms with van der Waals surface area (Å²) in [6.45, 7) is 2.67. The summed E-state index contributed by atoms with van der Waals surface area (Å²) in [4.78, 5) is 11.1. The van der Waals surface area contributed by atoms with Crippen molar-refractivity contribution in [1.29, 1.82) is 0 Å². The number of thioether (sulfide) groups is 1. The fourth-order valence-electron chi connectivity index (χ4n) is 2.63. The summed E-state index contributed by atoms with van der Waals surface area (Å²) in [6.07, 6.45) is 0.788. The van der Waals surface area contributed by atoms with Gasteiger partial charge in [0.2, 0.25) is 0 Å². The van der Waals surface area contributed by atoms with Gasteiger partial charge in [0.15, 0.2) is 11.0 Å². The summed E-state index contributed by atoms with van der Waals surface area (Å²) >= 11 is 7.17. The number of nitrogens with one attached hydrogen (secondary N) is 1. The van der Waals surface area contributed by atoms with Crippen LogP contribution in [0.2, 0.25) is 5.02 Å². The van der Waals surface area contributed by atoms with Crippen LogP contribution in [0.15, 0.2) is 59.8 Å². The van der Waals surface area contributed by atoms with E-state index in [0.29, 0.717) is 23.3 Å². The van der Waals surface area contributed by atoms with Crippen LogP contribution in [0.25, 0.3) is 0 Å². The van der Waals surface area contributed by atoms with Gasteiger partial charge in [-0.1, -0.05) is 59.8 Å². The van der Waals surface area contributed by atoms with Gasteiger partial charge in [-0.25, -0.2) is 0 Å². The third kappa shape index (κ3) is 5.50. The Hall–Kier alpha value is -2.51. The number of aryl methyl sites for hydroxylation is 1. The first-order chi connectivity index (χ1) is 13.5. The highest BCUT2D eigenvalue weighted by atomic mass is 35.5. The molecule has 0 amide bonds. The van der Waals surface area contributed by atoms with E-state index in [1.165, 1.54) is 5.56 Å². The number of nitrogens with zero attached hydrogens (tertiary/aromatic N) is 3. The molecule has 0 saturated heterocycles. The fraction of sp³-hybridized carbons (Fsp3) is 0.250. The van der Waals surface area contributed by atoms with E-state index in [1.54, 1.807) is 6.92 Å². The molecule has 28 heavy (non-hydrogen) atoms. The van der Waals surface area contributed by atoms with Gasteiger partial charge in [0.25, 0.3) is 0 Å². The summed E-state index contributed by atoms with van der Waals surface area (Å²) in [6, 6.07) is 17.5. The van der Waals surface area contributed by atoms with Gasteiger partial charge in [0.05, 0.1) is 12.5 Å². The van der Waals surface area contributed by atoms with Crippen LogP contribution in [0.1, 0.15) is 18.3 Å². The highest BCUT2D eigenvalue weighted by Gasteiger charge is 2.16. The second-order valence-electron chi connectivity index (χ2n) is 6.23. The molecular weight excluding hydrogens is 396 g/mol. The van der Waals surface area contributed by atoms with Crippen LogP contribution >= 0.6 is 23.4 Å². The quantitative estimate of drug-likeness (QED) is 0.541. The average Bonchev–Trinajstić information content (AvgIpc) is 3.07. The van der Waals surface area contributed by atoms with Crippen LogP contribution < -0.4 is 10.4 Å². The maximum Gasteiger partial charge on any atom is 0.191 e. The second-order valence-corrected chi connectivity index (χ2v) is 7.97. The molecule has 1 heterocycles. The van der Waals surface area contributed by atoms with Crippen molar-refractivity contribution < 1.29 is 9.90 Å². The molecule has 3 aromatic rings. The number of carbonyl (C=O) groups is 1. The first-order valence-electron chi connectivity index (χ1n) is 8.86. The maximum absolute atomic E-state index is 11.1. The molecule has 146 valence electrons. The number of carboxylic acid groups (broad SMARTS) is 1. The fourth-order valence-corrected chi connectivity index (χ4v) is 3.65. The molecule has 8 heteroatoms. The van der Waals surface area contributed by atoms with Gasteiger partial charge in [-0.05, 0) is 37.1 Å². The number of benzene rings is 2. The Morgan fingerprint density at radius 1 is 1.21 bits per heavy atom. The molecule has 0 radical (unpaired) electrons. The van der Waals surface area contributed by atoms with E-state index < -0.39 is 11.2 Å². The highest BCUT2D eigenvalue weighted by molar-refractivity contribution is 8.00. The van der Waals surface area contributed by atoms with E-state index in [1.807, 2.05) is 47.0 Å². The number of anilines is 1. The van der Waals surface area contributed by atoms with Crippen molar-refractivity contribution in [3.8, 4) is 0 Å². The molecule has 0 aliphatic rings. The first kappa shape index (κ1) is 20.2. The van der Waals surface area contributed by atoms with Crippen LogP contribution in [-0.4, -0.2) is 26.0 Å². The number of hydrogen-bond acceptors (Lipinski definition) is 6. The summed E-state index contributed by atoms with van der Waals surface area (Å²) in [5.41, 5.74) is 2.07. The summed E-state index contributed by atoms with van der Waals surface area (Å²) in [5, 5.41) is 23.4. The van der Waals surface area contributed by atoms with Crippen molar-refractivity contribution in [3.05, 3.63) is 71.0 Å². The van der Waals surface area contributed by atoms with E-state index >= 15 is 0 Å². The first-order valence-corrected chi connectivity index (χ1v) is 10.1. The zero-order valence-electron chi connectivity index (χ0n) is 15.3. The van der Waals surface area contributed by atoms with Crippen molar-refractivity contribution >= 4 is 35.0 Å². The number of halogens is 1. The van der Waals surface area contributed by atoms with Crippen LogP contribution in [-0.2, 0) is 24.3 Å². The number of aliphatic carboxylic acids is 1. The third-order valence-corrected chi connectivity index (χ3v) is 5.44. The predicted molar refractivity (Wildman–Crippen MR) is 109 cm³/mol. The Labute approximate surface area is 172 Å². The van der Waals surface area contributed by atoms with Gasteiger partial charge >= 0.3 is 0 Å². The number of hydrogen-bond donors (Lipinski definition) is 1. The van der Waals surface area contributed by atoms with E-state index in [-0.39, 0.29) is 0 Å². The Morgan fingerprint density at radius 3 is 2.71 bits per heavy atom. The Bertz CT molecular complexity index is 933. The largest absolute Gasteiger partial charge is 0.549 e. The van der Waals surface area contributed by atoms with E-state index in [2.05, 4.69) is 27.6 Å². The average molecular weight is 416 g/mol. The minimum atomic E-state index is -1.12. The van der Waals surface area contributed by atoms with E-state index in [0.717, 1.165) is 29.7 Å². The molecule has 0 aliphatic carbocycles. The SMILES string of the molecule is C[C@@H](Sc1nnc(CNc2cccc(Cl)c2)n1CCc1ccccc1)C(=O)[O-]. The van der Waals surface area contributed by atoms with Crippen molar-refractivity contribution in [2.45, 2.75) is 36.8 Å². The molecule has 1 N–H and O–H groups in total. The van der Waals surface area contributed by atoms with Gasteiger partial charge < -0.3 is 19.8 Å². The minimum Gasteiger partial charge on any atom is -0.549 e. The molecule has 1 aromatic heterocycles. The highest BCUT2D eigenvalue weighted by Crippen LogP contribution is 2.23. The molecule has 1 atom stereocenters. The number of carboxylic acids is 1. The molecule has 3 rings (SSSR count). The van der Waals surface area contributed by atoms with Crippen molar-refractivity contribution in [2.24, 2.45) is 0 Å². The third-order valence-electron chi connectivity index (χ3n) is 4.15. The molecule has 6 nitrogen and oxygen atoms in total. The van der Waals surface area contributed by atoms with Crippen LogP contribution in [0.5, 0.6) is 0 Å². The minimum absolute atomic E-state index is 0.447. The van der Waals surface area contributed by atoms with Crippen molar-refractivity contribution in [3.63, 3.8) is 0 Å². The molecule has 0 unspecified atom stereocenters. The number of aromatic nitrogens is 3. The normalized spacial score (nSPS) is 11.9. The van der Waals surface area contributed by atoms with Gasteiger partial charge in [0.1, 0.15) is 0 Å². The van der Waals surface area contributed by atoms with Crippen LogP contribution in [0, 0.1) is 0 Å². The maximum atomic E-state index is 11.1. The molecule has 0 aliphatic heterocycles. The molecule has 0 bridgehead atoms. The zero-order valence-corrected chi connectivity index (χ0v) is 16.9. The molecule has 0 fully saturated rings. The molecular formula is C20H20ClN4O2S-. The Morgan fingerprint density at radius 2 is 2.00 bits per heavy atom. The standard InChI is InChI=1S/C20H21ClN4O2S/c1-14(19(26)27)28-20-24-23-18(13-22-17-9-5-8-16(21)12-17)25(20)11-10-15-6-3-2-4-7-15/h2-9,12,14,22H,10-11,13H2,1H3,(H,26,27)/p-1/t14-/m1/s1. The monoisotopic (exact) mass is 415 g/mol.